The number of aromatic nitrogens is 7. The molecule has 9 atom stereocenters. The van der Waals surface area contributed by atoms with E-state index >= 15 is 0 Å². The van der Waals surface area contributed by atoms with Gasteiger partial charge in [0.25, 0.3) is 0 Å². The summed E-state index contributed by atoms with van der Waals surface area (Å²) in [5.74, 6) is -1.09. The molecule has 0 saturated carbocycles. The number of aromatic amines is 1. The second kappa shape index (κ2) is 14.6. The Hall–Kier alpha value is -4.13. The van der Waals surface area contributed by atoms with Gasteiger partial charge in [0.15, 0.2) is 23.2 Å². The van der Waals surface area contributed by atoms with Gasteiger partial charge >= 0.3 is 32.4 Å². The van der Waals surface area contributed by atoms with E-state index in [0.29, 0.717) is 5.52 Å². The highest BCUT2D eigenvalue weighted by atomic mass is 31.3. The van der Waals surface area contributed by atoms with Gasteiger partial charge in [-0.25, -0.2) is 38.2 Å². The molecule has 286 valence electrons. The summed E-state index contributed by atoms with van der Waals surface area (Å²) in [5.41, 5.74) is 6.71. The van der Waals surface area contributed by atoms with Gasteiger partial charge in [0, 0.05) is 0 Å². The lowest BCUT2D eigenvalue weighted by Gasteiger charge is -2.24. The van der Waals surface area contributed by atoms with Gasteiger partial charge in [0.05, 0.1) is 12.9 Å². The number of aliphatic hydroxyl groups is 5. The van der Waals surface area contributed by atoms with E-state index in [1.54, 1.807) is 26.0 Å². The van der Waals surface area contributed by atoms with E-state index in [0.717, 1.165) is 17.5 Å². The molecule has 6 rings (SSSR count). The van der Waals surface area contributed by atoms with E-state index in [1.165, 1.54) is 15.5 Å². The van der Waals surface area contributed by atoms with Gasteiger partial charge in [0.1, 0.15) is 66.9 Å². The molecular weight excluding hydrogens is 752 g/mol. The normalized spacial score (nSPS) is 23.3. The van der Waals surface area contributed by atoms with Crippen LogP contribution in [0.1, 0.15) is 17.4 Å². The van der Waals surface area contributed by atoms with Crippen molar-refractivity contribution in [2.24, 2.45) is 0 Å². The van der Waals surface area contributed by atoms with Crippen molar-refractivity contribution in [1.29, 1.82) is 0 Å². The van der Waals surface area contributed by atoms with Crippen LogP contribution in [0.15, 0.2) is 38.8 Å². The molecule has 0 bridgehead atoms. The van der Waals surface area contributed by atoms with Crippen molar-refractivity contribution in [2.75, 3.05) is 18.6 Å². The van der Waals surface area contributed by atoms with E-state index in [9.17, 15) is 54.0 Å². The molecule has 0 spiro atoms. The summed E-state index contributed by atoms with van der Waals surface area (Å²) in [6, 6.07) is 3.29. The molecule has 1 aromatic carbocycles. The van der Waals surface area contributed by atoms with Crippen LogP contribution in [-0.2, 0) is 29.2 Å². The lowest BCUT2D eigenvalue weighted by atomic mass is 10.1. The lowest BCUT2D eigenvalue weighted by molar-refractivity contribution is -0.657. The van der Waals surface area contributed by atoms with Gasteiger partial charge in [-0.1, -0.05) is 0 Å². The third-order valence-corrected chi connectivity index (χ3v) is 11.3. The van der Waals surface area contributed by atoms with Gasteiger partial charge in [-0.05, 0) is 37.1 Å². The molecule has 5 aromatic rings. The van der Waals surface area contributed by atoms with Gasteiger partial charge in [-0.15, -0.1) is 0 Å². The molecule has 5 heterocycles. The van der Waals surface area contributed by atoms with Gasteiger partial charge in [-0.3, -0.25) is 19.0 Å². The Balaban J connectivity index is 1.07. The summed E-state index contributed by atoms with van der Waals surface area (Å²) in [5, 5.41) is 55.4. The molecule has 1 fully saturated rings. The van der Waals surface area contributed by atoms with Crippen molar-refractivity contribution in [3.8, 4) is 0 Å². The Morgan fingerprint density at radius 2 is 1.77 bits per heavy atom. The van der Waals surface area contributed by atoms with Gasteiger partial charge in [0.2, 0.25) is 5.52 Å². The fourth-order valence-corrected chi connectivity index (χ4v) is 8.04. The van der Waals surface area contributed by atoms with E-state index in [4.69, 9.17) is 10.5 Å². The number of aliphatic hydroxyl groups excluding tert-OH is 5. The maximum Gasteiger partial charge on any atom is 0.513 e. The second-order valence-electron chi connectivity index (χ2n) is 12.1. The zero-order chi connectivity index (χ0) is 38.6. The topological polar surface area (TPSA) is 365 Å². The average molecular weight is 787 g/mol. The Morgan fingerprint density at radius 1 is 1.06 bits per heavy atom. The van der Waals surface area contributed by atoms with Crippen LogP contribution >= 0.6 is 15.4 Å². The van der Waals surface area contributed by atoms with Crippen LogP contribution < -0.4 is 27.0 Å². The zero-order valence-electron chi connectivity index (χ0n) is 27.5. The first-order valence-corrected chi connectivity index (χ1v) is 18.7. The number of imidazole rings is 1. The van der Waals surface area contributed by atoms with Gasteiger partial charge in [-0.2, -0.15) is 9.78 Å². The Morgan fingerprint density at radius 3 is 2.51 bits per heavy atom. The molecular formula is C27H34N9O15P2+. The monoisotopic (exact) mass is 786 g/mol. The standard InChI is InChI=1S/C27H33N9O15P2/c1-10-3-12-13(4-11(10)2)35(23-17(33-12)26(42)50-27(43)34-23)5-14(37)18(39)15(38)6-48-53(46,47)51-52(44,45)9-32-24-19(40)20(41)25(49-24)36-8-31-16-21(28)29-7-30-22(16)36/h3-4,7-8,14-15,18-20,24-25,32,37-41H,5-6,9H2,1-2H3,(H4,28,29,30,44,45,46,47)/p+1/t14-,15+,18-,19-,20+,24-,25+/m0/s1. The molecule has 11 N–H and O–H groups in total. The lowest BCUT2D eigenvalue weighted by Crippen LogP contribution is -2.50. The van der Waals surface area contributed by atoms with Crippen molar-refractivity contribution in [1.82, 2.24) is 34.8 Å². The number of ether oxygens (including phenoxy) is 1. The maximum atomic E-state index is 12.7. The highest BCUT2D eigenvalue weighted by molar-refractivity contribution is 7.63. The number of aryl methyl sites for hydroxylation is 2. The van der Waals surface area contributed by atoms with Crippen LogP contribution in [0.2, 0.25) is 0 Å². The summed E-state index contributed by atoms with van der Waals surface area (Å²) in [6.45, 7) is 1.80. The number of nitrogens with two attached hydrogens (primary N) is 1. The minimum Gasteiger partial charge on any atom is -0.388 e. The predicted octanol–water partition coefficient (Wildman–Crippen LogP) is -3.12. The molecule has 53 heavy (non-hydrogen) atoms. The summed E-state index contributed by atoms with van der Waals surface area (Å²) < 4.78 is 46.9. The number of nitrogens with zero attached hydrogens (tertiary/aromatic N) is 6. The summed E-state index contributed by atoms with van der Waals surface area (Å²) in [4.78, 5) is 63.2. The molecule has 0 radical (unpaired) electrons. The summed E-state index contributed by atoms with van der Waals surface area (Å²) in [7, 11) is -10.6. The maximum absolute atomic E-state index is 12.7. The number of rotatable bonds is 13. The molecule has 26 heteroatoms. The van der Waals surface area contributed by atoms with Crippen LogP contribution in [0.5, 0.6) is 0 Å². The molecule has 1 saturated heterocycles. The Bertz CT molecular complexity index is 2410. The first-order chi connectivity index (χ1) is 24.9. The van der Waals surface area contributed by atoms with Crippen LogP contribution in [-0.4, -0.2) is 114 Å². The van der Waals surface area contributed by atoms with E-state index < -0.39 is 89.2 Å². The van der Waals surface area contributed by atoms with Crippen molar-refractivity contribution >= 4 is 54.6 Å². The molecule has 4 aromatic heterocycles. The first-order valence-electron chi connectivity index (χ1n) is 15.5. The Labute approximate surface area is 295 Å². The number of benzene rings is 1. The fourth-order valence-electron chi connectivity index (χ4n) is 5.58. The molecule has 1 aliphatic heterocycles. The predicted molar refractivity (Wildman–Crippen MR) is 176 cm³/mol. The number of H-pyrrole nitrogens is 1. The minimum absolute atomic E-state index is 0.0376. The third kappa shape index (κ3) is 7.91. The second-order valence-corrected chi connectivity index (χ2v) is 15.6. The van der Waals surface area contributed by atoms with E-state index in [1.807, 2.05) is 0 Å². The molecule has 24 nitrogen and oxygen atoms in total. The number of nitrogens with one attached hydrogen (secondary N) is 2. The molecule has 0 aliphatic carbocycles. The number of phosphoric ester groups is 1. The van der Waals surface area contributed by atoms with Crippen molar-refractivity contribution in [3.63, 3.8) is 0 Å². The molecule has 0 amide bonds. The van der Waals surface area contributed by atoms with Crippen LogP contribution in [0.4, 0.5) is 5.82 Å². The smallest absolute Gasteiger partial charge is 0.388 e. The van der Waals surface area contributed by atoms with Crippen molar-refractivity contribution in [2.45, 2.75) is 63.4 Å². The number of hydrogen-bond donors (Lipinski definition) is 10. The molecule has 1 aliphatic rings. The number of hydrogen-bond acceptors (Lipinski definition) is 19. The SMILES string of the molecule is Cc1cc2nc3c(=O)oc(=O)[nH]c3[n+](C[C@H](O)[C@H](O)[C@H](O)COP(=O)(O)OP(=O)(O)CN[C@H]3O[C@@H](n4cnc5c(N)ncnc54)[C@H](O)[C@@H]3O)c2cc1C. The van der Waals surface area contributed by atoms with Gasteiger partial charge < -0.3 is 50.2 Å². The molecule has 2 unspecified atom stereocenters. The van der Waals surface area contributed by atoms with Crippen LogP contribution in [0.25, 0.3) is 33.4 Å². The number of fused-ring (bicyclic) bond motifs is 3. The zero-order valence-corrected chi connectivity index (χ0v) is 29.3. The highest BCUT2D eigenvalue weighted by Gasteiger charge is 2.46. The quantitative estimate of drug-likeness (QED) is 0.0320. The summed E-state index contributed by atoms with van der Waals surface area (Å²) >= 11 is 0. The van der Waals surface area contributed by atoms with E-state index in [2.05, 4.69) is 43.5 Å². The minimum atomic E-state index is -5.46. The number of phosphoric acid groups is 1. The Kier molecular flexibility index (Phi) is 10.6. The highest BCUT2D eigenvalue weighted by Crippen LogP contribution is 2.59. The largest absolute Gasteiger partial charge is 0.513 e. The third-order valence-electron chi connectivity index (χ3n) is 8.40. The number of anilines is 1. The van der Waals surface area contributed by atoms with Crippen LogP contribution in [0, 0.1) is 13.8 Å². The van der Waals surface area contributed by atoms with Crippen molar-refractivity contribution in [3.05, 3.63) is 56.9 Å². The number of nitrogen functional groups attached to an aromatic ring is 1. The fraction of sp³-hybridized carbons (Fsp3) is 0.444. The first kappa shape index (κ1) is 38.6. The van der Waals surface area contributed by atoms with Crippen LogP contribution in [0.3, 0.4) is 0 Å². The van der Waals surface area contributed by atoms with Crippen molar-refractivity contribution < 1.29 is 67.0 Å². The van der Waals surface area contributed by atoms with E-state index in [-0.39, 0.29) is 33.7 Å². The summed E-state index contributed by atoms with van der Waals surface area (Å²) in [6.07, 6.45) is -11.0. The average Bonchev–Trinajstić information content (AvgIpc) is 3.63.